The van der Waals surface area contributed by atoms with Crippen LogP contribution >= 0.6 is 0 Å². The first kappa shape index (κ1) is 10.4. The molecule has 0 bridgehead atoms. The maximum Gasteiger partial charge on any atom is 0.0620 e. The summed E-state index contributed by atoms with van der Waals surface area (Å²) in [6, 6.07) is 2.44. The summed E-state index contributed by atoms with van der Waals surface area (Å²) in [5, 5.41) is 0. The lowest BCUT2D eigenvalue weighted by Gasteiger charge is -2.55. The molecule has 1 heterocycles. The van der Waals surface area contributed by atoms with Crippen LogP contribution in [0.1, 0.15) is 33.1 Å². The topological polar surface area (TPSA) is 29.3 Å². The average Bonchev–Trinajstić information content (AvgIpc) is 2.03. The highest BCUT2D eigenvalue weighted by atomic mass is 15.2. The molecule has 1 saturated heterocycles. The molecule has 0 aromatic heterocycles. The monoisotopic (exact) mass is 180 g/mol. The third kappa shape index (κ3) is 2.16. The number of nitrogens with two attached hydrogens (primary N) is 1. The third-order valence-electron chi connectivity index (χ3n) is 2.94. The van der Waals surface area contributed by atoms with Gasteiger partial charge in [0.05, 0.1) is 6.54 Å². The second-order valence-electron chi connectivity index (χ2n) is 3.82. The quantitative estimate of drug-likeness (QED) is 0.488. The van der Waals surface area contributed by atoms with Gasteiger partial charge in [-0.05, 0) is 18.3 Å². The fourth-order valence-electron chi connectivity index (χ4n) is 2.16. The first-order valence-electron chi connectivity index (χ1n) is 5.26. The van der Waals surface area contributed by atoms with Gasteiger partial charge in [0.15, 0.2) is 0 Å². The predicted molar refractivity (Wildman–Crippen MR) is 56.0 cm³/mol. The molecule has 2 fully saturated rings. The molecule has 2 N–H and O–H groups in total. The van der Waals surface area contributed by atoms with E-state index < -0.39 is 0 Å². The fourth-order valence-corrected chi connectivity index (χ4v) is 2.16. The normalized spacial score (nSPS) is 22.9. The molecule has 2 heteroatoms. The maximum atomic E-state index is 5.08. The lowest BCUT2D eigenvalue weighted by atomic mass is 9.63. The highest BCUT2D eigenvalue weighted by Crippen LogP contribution is 2.47. The zero-order valence-electron chi connectivity index (χ0n) is 8.77. The van der Waals surface area contributed by atoms with E-state index in [0.29, 0.717) is 0 Å². The van der Waals surface area contributed by atoms with Crippen LogP contribution in [-0.4, -0.2) is 24.5 Å². The first-order valence-corrected chi connectivity index (χ1v) is 5.26. The van der Waals surface area contributed by atoms with Crippen molar-refractivity contribution in [2.75, 3.05) is 19.6 Å². The van der Waals surface area contributed by atoms with Gasteiger partial charge in [0.2, 0.25) is 0 Å². The molecule has 0 aromatic rings. The van der Waals surface area contributed by atoms with Crippen LogP contribution in [0.25, 0.3) is 0 Å². The lowest BCUT2D eigenvalue weighted by Crippen LogP contribution is -2.59. The van der Waals surface area contributed by atoms with E-state index in [-0.39, 0.29) is 0 Å². The first-order chi connectivity index (χ1) is 6.35. The molecule has 0 radical (unpaired) electrons. The minimum atomic E-state index is 0.732. The number of hydrogen-bond acceptors (Lipinski definition) is 2. The van der Waals surface area contributed by atoms with E-state index in [1.165, 1.54) is 32.4 Å². The number of hydrogen-bond donors (Lipinski definition) is 1. The van der Waals surface area contributed by atoms with Crippen LogP contribution in [0.5, 0.6) is 0 Å². The minimum Gasteiger partial charge on any atom is -0.359 e. The van der Waals surface area contributed by atoms with E-state index in [9.17, 15) is 0 Å². The number of likely N-dealkylation sites (tertiary alicyclic amines) is 1. The van der Waals surface area contributed by atoms with Crippen LogP contribution in [0.15, 0.2) is 0 Å². The zero-order chi connectivity index (χ0) is 9.73. The largest absolute Gasteiger partial charge is 0.359 e. The maximum absolute atomic E-state index is 5.08. The number of rotatable bonds is 1. The molecule has 0 amide bonds. The summed E-state index contributed by atoms with van der Waals surface area (Å²) >= 11 is 0. The number of nitrogens with zero attached hydrogens (tertiary/aromatic N) is 1. The summed E-state index contributed by atoms with van der Waals surface area (Å²) in [5.41, 5.74) is 5.81. The molecular formula is C11H20N2. The van der Waals surface area contributed by atoms with Crippen LogP contribution in [-0.2, 0) is 0 Å². The van der Waals surface area contributed by atoms with Crippen molar-refractivity contribution in [1.29, 1.82) is 0 Å². The molecule has 2 rings (SSSR count). The molecule has 13 heavy (non-hydrogen) atoms. The Morgan fingerprint density at radius 1 is 1.31 bits per heavy atom. The van der Waals surface area contributed by atoms with Gasteiger partial charge in [0, 0.05) is 19.1 Å². The smallest absolute Gasteiger partial charge is 0.0620 e. The molecule has 1 saturated carbocycles. The molecule has 0 atom stereocenters. The van der Waals surface area contributed by atoms with Crippen molar-refractivity contribution >= 4 is 0 Å². The van der Waals surface area contributed by atoms with Crippen molar-refractivity contribution in [3.8, 4) is 12.0 Å². The Labute approximate surface area is 81.5 Å². The molecule has 1 spiro atoms. The molecule has 2 aliphatic rings. The molecule has 0 unspecified atom stereocenters. The minimum absolute atomic E-state index is 0.732. The summed E-state index contributed by atoms with van der Waals surface area (Å²) in [7, 11) is 0. The summed E-state index contributed by atoms with van der Waals surface area (Å²) in [6.45, 7) is 7.40. The standard InChI is InChI=1S/C9H14N2.C2H6/c10-5-2-6-11-7-9(8-11)3-1-4-9;1-2/h1,3-4,6-8,10H2;1-2H3. The van der Waals surface area contributed by atoms with Crippen LogP contribution < -0.4 is 5.73 Å². The van der Waals surface area contributed by atoms with Gasteiger partial charge in [0.1, 0.15) is 0 Å². The molecule has 1 aliphatic carbocycles. The van der Waals surface area contributed by atoms with Crippen LogP contribution in [0, 0.1) is 17.4 Å². The summed E-state index contributed by atoms with van der Waals surface area (Å²) < 4.78 is 0. The Balaban J connectivity index is 0.000000396. The second-order valence-corrected chi connectivity index (χ2v) is 3.82. The van der Waals surface area contributed by atoms with E-state index in [2.05, 4.69) is 16.9 Å². The Hall–Kier alpha value is -0.680. The SMILES string of the molecule is CC.NC#CCN1CC2(CCC2)C1. The van der Waals surface area contributed by atoms with Gasteiger partial charge in [-0.1, -0.05) is 26.2 Å². The Bertz CT molecular complexity index is 200. The Morgan fingerprint density at radius 2 is 1.92 bits per heavy atom. The highest BCUT2D eigenvalue weighted by molar-refractivity contribution is 5.05. The Kier molecular flexibility index (Phi) is 3.62. The van der Waals surface area contributed by atoms with Gasteiger partial charge in [0.25, 0.3) is 0 Å². The summed E-state index contributed by atoms with van der Waals surface area (Å²) in [5.74, 6) is 2.89. The van der Waals surface area contributed by atoms with Crippen molar-refractivity contribution in [3.05, 3.63) is 0 Å². The molecule has 1 aliphatic heterocycles. The van der Waals surface area contributed by atoms with Crippen LogP contribution in [0.3, 0.4) is 0 Å². The summed E-state index contributed by atoms with van der Waals surface area (Å²) in [4.78, 5) is 2.37. The van der Waals surface area contributed by atoms with Gasteiger partial charge in [-0.2, -0.15) is 0 Å². The van der Waals surface area contributed by atoms with Crippen molar-refractivity contribution in [1.82, 2.24) is 4.90 Å². The highest BCUT2D eigenvalue weighted by Gasteiger charge is 2.46. The third-order valence-corrected chi connectivity index (χ3v) is 2.94. The van der Waals surface area contributed by atoms with Gasteiger partial charge in [-0.25, -0.2) is 0 Å². The predicted octanol–water partition coefficient (Wildman–Crippen LogP) is 1.42. The van der Waals surface area contributed by atoms with E-state index in [1.807, 2.05) is 13.8 Å². The molecule has 74 valence electrons. The van der Waals surface area contributed by atoms with Gasteiger partial charge in [-0.15, -0.1) is 0 Å². The van der Waals surface area contributed by atoms with Crippen molar-refractivity contribution in [2.45, 2.75) is 33.1 Å². The van der Waals surface area contributed by atoms with Crippen LogP contribution in [0.2, 0.25) is 0 Å². The molecule has 0 aromatic carbocycles. The van der Waals surface area contributed by atoms with Gasteiger partial charge >= 0.3 is 0 Å². The zero-order valence-corrected chi connectivity index (χ0v) is 8.77. The van der Waals surface area contributed by atoms with E-state index in [4.69, 9.17) is 5.73 Å². The molecule has 2 nitrogen and oxygen atoms in total. The summed E-state index contributed by atoms with van der Waals surface area (Å²) in [6.07, 6.45) is 4.33. The van der Waals surface area contributed by atoms with Crippen LogP contribution in [0.4, 0.5) is 0 Å². The van der Waals surface area contributed by atoms with E-state index >= 15 is 0 Å². The van der Waals surface area contributed by atoms with E-state index in [0.717, 1.165) is 12.0 Å². The van der Waals surface area contributed by atoms with E-state index in [1.54, 1.807) is 0 Å². The average molecular weight is 180 g/mol. The van der Waals surface area contributed by atoms with Crippen molar-refractivity contribution in [3.63, 3.8) is 0 Å². The second kappa shape index (κ2) is 4.53. The lowest BCUT2D eigenvalue weighted by molar-refractivity contribution is -0.0516. The van der Waals surface area contributed by atoms with Crippen molar-refractivity contribution < 1.29 is 0 Å². The van der Waals surface area contributed by atoms with Gasteiger partial charge < -0.3 is 5.73 Å². The molecular weight excluding hydrogens is 160 g/mol. The Morgan fingerprint density at radius 3 is 2.31 bits per heavy atom. The van der Waals surface area contributed by atoms with Gasteiger partial charge in [-0.3, -0.25) is 4.90 Å². The van der Waals surface area contributed by atoms with Crippen molar-refractivity contribution in [2.24, 2.45) is 11.1 Å². The fraction of sp³-hybridized carbons (Fsp3) is 0.818.